The van der Waals surface area contributed by atoms with Crippen molar-refractivity contribution in [3.63, 3.8) is 0 Å². The third-order valence-corrected chi connectivity index (χ3v) is 4.32. The molecule has 2 aliphatic rings. The number of halogens is 1. The zero-order chi connectivity index (χ0) is 12.5. The Morgan fingerprint density at radius 3 is 2.50 bits per heavy atom. The third kappa shape index (κ3) is 2.62. The molecule has 0 aromatic heterocycles. The van der Waals surface area contributed by atoms with Gasteiger partial charge in [0, 0.05) is 11.6 Å². The molecule has 3 rings (SSSR count). The number of nitrogens with zero attached hydrogens (tertiary/aromatic N) is 1. The predicted octanol–water partition coefficient (Wildman–Crippen LogP) is 4.06. The van der Waals surface area contributed by atoms with Crippen molar-refractivity contribution in [3.8, 4) is 6.07 Å². The highest BCUT2D eigenvalue weighted by atomic mass is 35.5. The van der Waals surface area contributed by atoms with Gasteiger partial charge in [-0.1, -0.05) is 11.6 Å². The highest BCUT2D eigenvalue weighted by Gasteiger charge is 2.41. The maximum absolute atomic E-state index is 9.10. The molecule has 0 heterocycles. The quantitative estimate of drug-likeness (QED) is 0.867. The summed E-state index contributed by atoms with van der Waals surface area (Å²) in [5, 5.41) is 13.2. The molecular weight excluding hydrogens is 244 g/mol. The smallest absolute Gasteiger partial charge is 0.101 e. The van der Waals surface area contributed by atoms with Crippen LogP contribution in [0, 0.1) is 29.1 Å². The van der Waals surface area contributed by atoms with Crippen LogP contribution in [0.5, 0.6) is 0 Å². The average molecular weight is 261 g/mol. The summed E-state index contributed by atoms with van der Waals surface area (Å²) in [7, 11) is 0. The molecule has 0 unspecified atom stereocenters. The summed E-state index contributed by atoms with van der Waals surface area (Å²) < 4.78 is 0. The molecule has 3 heteroatoms. The fraction of sp³-hybridized carbons (Fsp3) is 0.533. The summed E-state index contributed by atoms with van der Waals surface area (Å²) in [6, 6.07) is 7.69. The van der Waals surface area contributed by atoms with Crippen LogP contribution >= 0.6 is 11.6 Å². The highest BCUT2D eigenvalue weighted by molar-refractivity contribution is 6.30. The number of nitriles is 1. The van der Waals surface area contributed by atoms with Crippen molar-refractivity contribution in [2.45, 2.75) is 25.7 Å². The molecule has 1 aromatic carbocycles. The molecule has 18 heavy (non-hydrogen) atoms. The molecule has 94 valence electrons. The van der Waals surface area contributed by atoms with Crippen molar-refractivity contribution in [1.82, 2.24) is 0 Å². The minimum atomic E-state index is 0.623. The van der Waals surface area contributed by atoms with E-state index >= 15 is 0 Å². The molecular formula is C15H17ClN2. The predicted molar refractivity (Wildman–Crippen MR) is 73.6 cm³/mol. The monoisotopic (exact) mass is 260 g/mol. The van der Waals surface area contributed by atoms with Gasteiger partial charge in [0.25, 0.3) is 0 Å². The molecule has 0 spiro atoms. The van der Waals surface area contributed by atoms with Crippen molar-refractivity contribution < 1.29 is 0 Å². The molecule has 0 amide bonds. The van der Waals surface area contributed by atoms with Crippen molar-refractivity contribution >= 4 is 17.3 Å². The zero-order valence-corrected chi connectivity index (χ0v) is 11.1. The number of hydrogen-bond donors (Lipinski definition) is 1. The topological polar surface area (TPSA) is 35.8 Å². The molecule has 1 aromatic rings. The Labute approximate surface area is 113 Å². The van der Waals surface area contributed by atoms with Crippen molar-refractivity contribution in [3.05, 3.63) is 28.8 Å². The van der Waals surface area contributed by atoms with Crippen LogP contribution in [-0.2, 0) is 0 Å². The van der Waals surface area contributed by atoms with Gasteiger partial charge in [0.1, 0.15) is 6.07 Å². The van der Waals surface area contributed by atoms with Gasteiger partial charge in [-0.2, -0.15) is 5.26 Å². The highest BCUT2D eigenvalue weighted by Crippen LogP contribution is 2.49. The lowest BCUT2D eigenvalue weighted by Crippen LogP contribution is -2.18. The molecule has 0 saturated heterocycles. The Hall–Kier alpha value is -1.20. The van der Waals surface area contributed by atoms with Gasteiger partial charge in [0.15, 0.2) is 0 Å². The van der Waals surface area contributed by atoms with Crippen LogP contribution in [0.2, 0.25) is 5.02 Å². The lowest BCUT2D eigenvalue weighted by molar-refractivity contribution is 0.428. The van der Waals surface area contributed by atoms with Gasteiger partial charge >= 0.3 is 0 Å². The van der Waals surface area contributed by atoms with Gasteiger partial charge in [0.05, 0.1) is 11.3 Å². The van der Waals surface area contributed by atoms with Gasteiger partial charge < -0.3 is 5.32 Å². The second-order valence-electron chi connectivity index (χ2n) is 5.52. The van der Waals surface area contributed by atoms with Crippen LogP contribution in [0.4, 0.5) is 5.69 Å². The van der Waals surface area contributed by atoms with Crippen molar-refractivity contribution in [2.24, 2.45) is 17.8 Å². The molecule has 0 aliphatic heterocycles. The van der Waals surface area contributed by atoms with Crippen LogP contribution in [0.25, 0.3) is 0 Å². The number of benzene rings is 1. The lowest BCUT2D eigenvalue weighted by atomic mass is 9.97. The average Bonchev–Trinajstić information content (AvgIpc) is 3.24. The molecule has 1 N–H and O–H groups in total. The minimum Gasteiger partial charge on any atom is -0.384 e. The summed E-state index contributed by atoms with van der Waals surface area (Å²) in [4.78, 5) is 0. The minimum absolute atomic E-state index is 0.623. The van der Waals surface area contributed by atoms with Crippen LogP contribution in [0.15, 0.2) is 18.2 Å². The van der Waals surface area contributed by atoms with E-state index in [9.17, 15) is 0 Å². The zero-order valence-electron chi connectivity index (χ0n) is 10.3. The second-order valence-corrected chi connectivity index (χ2v) is 5.96. The molecule has 2 aliphatic carbocycles. The van der Waals surface area contributed by atoms with Crippen LogP contribution in [0.3, 0.4) is 0 Å². The van der Waals surface area contributed by atoms with E-state index in [1.54, 1.807) is 6.07 Å². The maximum atomic E-state index is 9.10. The number of anilines is 1. The number of nitrogens with one attached hydrogen (secondary N) is 1. The lowest BCUT2D eigenvalue weighted by Gasteiger charge is -2.17. The van der Waals surface area contributed by atoms with E-state index in [0.717, 1.165) is 30.0 Å². The Morgan fingerprint density at radius 2 is 1.94 bits per heavy atom. The van der Waals surface area contributed by atoms with Crippen LogP contribution in [0.1, 0.15) is 31.2 Å². The summed E-state index contributed by atoms with van der Waals surface area (Å²) in [5.41, 5.74) is 1.57. The summed E-state index contributed by atoms with van der Waals surface area (Å²) >= 11 is 5.90. The molecule has 0 radical (unpaired) electrons. The largest absolute Gasteiger partial charge is 0.384 e. The van der Waals surface area contributed by atoms with E-state index in [4.69, 9.17) is 16.9 Å². The van der Waals surface area contributed by atoms with Gasteiger partial charge in [-0.05, 0) is 61.6 Å². The van der Waals surface area contributed by atoms with Crippen molar-refractivity contribution in [1.29, 1.82) is 5.26 Å². The molecule has 2 nitrogen and oxygen atoms in total. The first-order chi connectivity index (χ1) is 8.78. The SMILES string of the molecule is N#Cc1cc(Cl)ccc1NCC(C1CC1)C1CC1. The summed E-state index contributed by atoms with van der Waals surface area (Å²) in [6.45, 7) is 1.01. The molecule has 0 atom stereocenters. The van der Waals surface area contributed by atoms with Gasteiger partial charge in [-0.3, -0.25) is 0 Å². The maximum Gasteiger partial charge on any atom is 0.101 e. The fourth-order valence-corrected chi connectivity index (χ4v) is 2.93. The third-order valence-electron chi connectivity index (χ3n) is 4.09. The van der Waals surface area contributed by atoms with E-state index in [1.807, 2.05) is 12.1 Å². The van der Waals surface area contributed by atoms with Crippen molar-refractivity contribution in [2.75, 3.05) is 11.9 Å². The normalized spacial score (nSPS) is 18.7. The first-order valence-corrected chi connectivity index (χ1v) is 7.09. The Morgan fingerprint density at radius 1 is 1.28 bits per heavy atom. The summed E-state index contributed by atoms with van der Waals surface area (Å²) in [6.07, 6.45) is 5.59. The Balaban J connectivity index is 1.67. The molecule has 2 fully saturated rings. The molecule has 0 bridgehead atoms. The van der Waals surface area contributed by atoms with Gasteiger partial charge in [-0.15, -0.1) is 0 Å². The van der Waals surface area contributed by atoms with E-state index in [2.05, 4.69) is 11.4 Å². The summed E-state index contributed by atoms with van der Waals surface area (Å²) in [5.74, 6) is 2.68. The second kappa shape index (κ2) is 4.82. The van der Waals surface area contributed by atoms with E-state index in [0.29, 0.717) is 10.6 Å². The Kier molecular flexibility index (Phi) is 3.18. The van der Waals surface area contributed by atoms with Crippen LogP contribution < -0.4 is 5.32 Å². The fourth-order valence-electron chi connectivity index (χ4n) is 2.76. The first-order valence-electron chi connectivity index (χ1n) is 6.71. The van der Waals surface area contributed by atoms with Crippen LogP contribution in [-0.4, -0.2) is 6.54 Å². The number of hydrogen-bond acceptors (Lipinski definition) is 2. The standard InChI is InChI=1S/C15H17ClN2/c16-13-5-6-15(12(7-13)8-17)18-9-14(10-1-2-10)11-3-4-11/h5-7,10-11,14,18H,1-4,9H2. The van der Waals surface area contributed by atoms with E-state index in [1.165, 1.54) is 25.7 Å². The van der Waals surface area contributed by atoms with E-state index in [-0.39, 0.29) is 0 Å². The number of rotatable bonds is 5. The first kappa shape index (κ1) is 11.9. The van der Waals surface area contributed by atoms with Gasteiger partial charge in [0.2, 0.25) is 0 Å². The molecule has 2 saturated carbocycles. The van der Waals surface area contributed by atoms with Gasteiger partial charge in [-0.25, -0.2) is 0 Å². The Bertz CT molecular complexity index is 472. The van der Waals surface area contributed by atoms with E-state index < -0.39 is 0 Å².